The lowest BCUT2D eigenvalue weighted by atomic mass is 10.1. The van der Waals surface area contributed by atoms with Crippen molar-refractivity contribution in [3.63, 3.8) is 0 Å². The summed E-state index contributed by atoms with van der Waals surface area (Å²) in [4.78, 5) is 14.6. The van der Waals surface area contributed by atoms with Gasteiger partial charge in [-0.1, -0.05) is 13.0 Å². The minimum absolute atomic E-state index is 0. The van der Waals surface area contributed by atoms with Crippen LogP contribution >= 0.6 is 12.4 Å². The van der Waals surface area contributed by atoms with Gasteiger partial charge in [-0.3, -0.25) is 4.79 Å². The van der Waals surface area contributed by atoms with Crippen molar-refractivity contribution in [2.45, 2.75) is 44.8 Å². The normalized spacial score (nSPS) is 16.4. The highest BCUT2D eigenvalue weighted by Crippen LogP contribution is 2.30. The summed E-state index contributed by atoms with van der Waals surface area (Å²) in [5.41, 5.74) is 0.820. The molecule has 1 aliphatic rings. The van der Waals surface area contributed by atoms with Crippen molar-refractivity contribution in [3.8, 4) is 11.5 Å². The fraction of sp³-hybridized carbons (Fsp3) is 0.632. The molecule has 1 N–H and O–H groups in total. The number of methoxy groups -OCH3 is 1. The van der Waals surface area contributed by atoms with Crippen LogP contribution < -0.4 is 14.8 Å². The van der Waals surface area contributed by atoms with Crippen molar-refractivity contribution in [2.75, 3.05) is 33.4 Å². The molecule has 1 heterocycles. The molecular weight excluding hydrogens is 397 g/mol. The Bertz CT molecular complexity index is 623. The number of alkyl halides is 3. The van der Waals surface area contributed by atoms with Crippen LogP contribution in [0.25, 0.3) is 0 Å². The predicted octanol–water partition coefficient (Wildman–Crippen LogP) is 3.59. The van der Waals surface area contributed by atoms with Crippen LogP contribution in [0, 0.1) is 0 Å². The number of hydrogen-bond acceptors (Lipinski definition) is 4. The molecule has 1 saturated heterocycles. The number of benzene rings is 1. The largest absolute Gasteiger partial charge is 0.493 e. The van der Waals surface area contributed by atoms with Gasteiger partial charge in [-0.05, 0) is 43.5 Å². The van der Waals surface area contributed by atoms with E-state index in [2.05, 4.69) is 5.32 Å². The van der Waals surface area contributed by atoms with E-state index in [4.69, 9.17) is 9.47 Å². The number of halogens is 4. The maximum atomic E-state index is 12.6. The summed E-state index contributed by atoms with van der Waals surface area (Å²) in [6, 6.07) is 4.99. The molecule has 1 amide bonds. The van der Waals surface area contributed by atoms with Crippen LogP contribution in [-0.2, 0) is 11.2 Å². The van der Waals surface area contributed by atoms with Gasteiger partial charge in [0.25, 0.3) is 0 Å². The van der Waals surface area contributed by atoms with Crippen LogP contribution in [0.1, 0.15) is 31.7 Å². The van der Waals surface area contributed by atoms with E-state index in [1.54, 1.807) is 12.1 Å². The zero-order valence-electron chi connectivity index (χ0n) is 16.2. The Balaban J connectivity index is 0.00000392. The first-order valence-electron chi connectivity index (χ1n) is 9.20. The van der Waals surface area contributed by atoms with E-state index in [0.29, 0.717) is 12.8 Å². The summed E-state index contributed by atoms with van der Waals surface area (Å²) in [5, 5.41) is 3.28. The summed E-state index contributed by atoms with van der Waals surface area (Å²) in [6.45, 7) is 3.16. The average Bonchev–Trinajstić information content (AvgIpc) is 3.16. The molecule has 2 rings (SSSR count). The molecule has 160 valence electrons. The number of nitrogens with one attached hydrogen (secondary N) is 1. The smallest absolute Gasteiger partial charge is 0.422 e. The number of aryl methyl sites for hydroxylation is 1. The van der Waals surface area contributed by atoms with Gasteiger partial charge in [0.15, 0.2) is 18.1 Å². The van der Waals surface area contributed by atoms with Crippen molar-refractivity contribution in [3.05, 3.63) is 23.8 Å². The van der Waals surface area contributed by atoms with E-state index < -0.39 is 12.8 Å². The fourth-order valence-corrected chi connectivity index (χ4v) is 3.20. The van der Waals surface area contributed by atoms with Gasteiger partial charge in [0.05, 0.1) is 7.11 Å². The number of hydrogen-bond donors (Lipinski definition) is 1. The SMILES string of the molecule is CCCN(C(=O)CCc1ccc(OCC(F)(F)F)c(OC)c1)C1CCNC1.Cl. The summed E-state index contributed by atoms with van der Waals surface area (Å²) < 4.78 is 46.9. The molecule has 0 saturated carbocycles. The Morgan fingerprint density at radius 3 is 2.64 bits per heavy atom. The number of rotatable bonds is 9. The highest BCUT2D eigenvalue weighted by atomic mass is 35.5. The van der Waals surface area contributed by atoms with Crippen LogP contribution in [0.2, 0.25) is 0 Å². The van der Waals surface area contributed by atoms with Crippen molar-refractivity contribution in [1.82, 2.24) is 10.2 Å². The van der Waals surface area contributed by atoms with Gasteiger partial charge in [0.2, 0.25) is 5.91 Å². The van der Waals surface area contributed by atoms with Crippen LogP contribution in [0.4, 0.5) is 13.2 Å². The Kier molecular flexibility index (Phi) is 9.89. The van der Waals surface area contributed by atoms with Gasteiger partial charge in [0.1, 0.15) is 0 Å². The lowest BCUT2D eigenvalue weighted by Gasteiger charge is -2.28. The van der Waals surface area contributed by atoms with Gasteiger partial charge in [-0.2, -0.15) is 13.2 Å². The molecule has 0 aliphatic carbocycles. The molecule has 1 aliphatic heterocycles. The van der Waals surface area contributed by atoms with Crippen LogP contribution in [0.5, 0.6) is 11.5 Å². The van der Waals surface area contributed by atoms with Crippen molar-refractivity contribution in [2.24, 2.45) is 0 Å². The average molecular weight is 425 g/mol. The Morgan fingerprint density at radius 1 is 1.32 bits per heavy atom. The highest BCUT2D eigenvalue weighted by Gasteiger charge is 2.29. The first kappa shape index (κ1) is 24.4. The summed E-state index contributed by atoms with van der Waals surface area (Å²) in [7, 11) is 1.38. The fourth-order valence-electron chi connectivity index (χ4n) is 3.20. The van der Waals surface area contributed by atoms with Crippen LogP contribution in [-0.4, -0.2) is 56.4 Å². The standard InChI is InChI=1S/C19H27F3N2O3.ClH/c1-3-10-24(15-8-9-23-12-15)18(25)7-5-14-4-6-16(17(11-14)26-2)27-13-19(20,21)22;/h4,6,11,15,23H,3,5,7-10,12-13H2,1-2H3;1H. The molecule has 1 unspecified atom stereocenters. The number of carbonyl (C=O) groups excluding carboxylic acids is 1. The number of carbonyl (C=O) groups is 1. The third-order valence-electron chi connectivity index (χ3n) is 4.51. The summed E-state index contributed by atoms with van der Waals surface area (Å²) in [6.07, 6.45) is -1.70. The van der Waals surface area contributed by atoms with E-state index in [-0.39, 0.29) is 35.9 Å². The zero-order valence-corrected chi connectivity index (χ0v) is 17.0. The molecule has 28 heavy (non-hydrogen) atoms. The topological polar surface area (TPSA) is 50.8 Å². The lowest BCUT2D eigenvalue weighted by Crippen LogP contribution is -2.42. The monoisotopic (exact) mass is 424 g/mol. The molecular formula is C19H28ClF3N2O3. The van der Waals surface area contributed by atoms with Crippen LogP contribution in [0.3, 0.4) is 0 Å². The maximum Gasteiger partial charge on any atom is 0.422 e. The van der Waals surface area contributed by atoms with Crippen molar-refractivity contribution >= 4 is 18.3 Å². The highest BCUT2D eigenvalue weighted by molar-refractivity contribution is 5.85. The van der Waals surface area contributed by atoms with Gasteiger partial charge < -0.3 is 19.7 Å². The minimum Gasteiger partial charge on any atom is -0.493 e. The lowest BCUT2D eigenvalue weighted by molar-refractivity contribution is -0.153. The first-order valence-corrected chi connectivity index (χ1v) is 9.20. The summed E-state index contributed by atoms with van der Waals surface area (Å²) in [5.74, 6) is 0.367. The van der Waals surface area contributed by atoms with E-state index in [1.807, 2.05) is 11.8 Å². The molecule has 0 spiro atoms. The second-order valence-corrected chi connectivity index (χ2v) is 6.62. The second kappa shape index (κ2) is 11.4. The minimum atomic E-state index is -4.41. The van der Waals surface area contributed by atoms with Crippen molar-refractivity contribution < 1.29 is 27.4 Å². The zero-order chi connectivity index (χ0) is 19.9. The predicted molar refractivity (Wildman–Crippen MR) is 103 cm³/mol. The van der Waals surface area contributed by atoms with Crippen LogP contribution in [0.15, 0.2) is 18.2 Å². The van der Waals surface area contributed by atoms with Gasteiger partial charge >= 0.3 is 6.18 Å². The first-order chi connectivity index (χ1) is 12.8. The maximum absolute atomic E-state index is 12.6. The van der Waals surface area contributed by atoms with Gasteiger partial charge in [-0.25, -0.2) is 0 Å². The Morgan fingerprint density at radius 2 is 2.07 bits per heavy atom. The molecule has 1 atom stereocenters. The number of nitrogens with zero attached hydrogens (tertiary/aromatic N) is 1. The second-order valence-electron chi connectivity index (χ2n) is 6.62. The molecule has 0 radical (unpaired) electrons. The Labute approximate surface area is 170 Å². The molecule has 1 aromatic carbocycles. The molecule has 1 aromatic rings. The molecule has 0 aromatic heterocycles. The van der Waals surface area contributed by atoms with Gasteiger partial charge in [-0.15, -0.1) is 12.4 Å². The number of ether oxygens (including phenoxy) is 2. The molecule has 1 fully saturated rings. The third-order valence-corrected chi connectivity index (χ3v) is 4.51. The van der Waals surface area contributed by atoms with E-state index in [0.717, 1.165) is 38.0 Å². The summed E-state index contributed by atoms with van der Waals surface area (Å²) >= 11 is 0. The van der Waals surface area contributed by atoms with E-state index >= 15 is 0 Å². The molecule has 0 bridgehead atoms. The van der Waals surface area contributed by atoms with E-state index in [1.165, 1.54) is 13.2 Å². The van der Waals surface area contributed by atoms with Crippen molar-refractivity contribution in [1.29, 1.82) is 0 Å². The number of amides is 1. The molecule has 5 nitrogen and oxygen atoms in total. The van der Waals surface area contributed by atoms with Gasteiger partial charge in [0, 0.05) is 25.6 Å². The van der Waals surface area contributed by atoms with E-state index in [9.17, 15) is 18.0 Å². The quantitative estimate of drug-likeness (QED) is 0.658. The Hall–Kier alpha value is -1.67. The molecule has 9 heteroatoms. The third kappa shape index (κ3) is 7.39.